The Bertz CT molecular complexity index is 1280. The maximum atomic E-state index is 13.3. The fourth-order valence-electron chi connectivity index (χ4n) is 4.92. The molecule has 56 heavy (non-hydrogen) atoms. The summed E-state index contributed by atoms with van der Waals surface area (Å²) in [7, 11) is 0. The molecule has 2 rings (SSSR count). The average molecular weight is 847 g/mol. The van der Waals surface area contributed by atoms with E-state index >= 15 is 0 Å². The molecule has 22 heteroatoms. The van der Waals surface area contributed by atoms with Crippen molar-refractivity contribution in [3.8, 4) is 0 Å². The lowest BCUT2D eigenvalue weighted by molar-refractivity contribution is -0.405. The van der Waals surface area contributed by atoms with Crippen molar-refractivity contribution >= 4 is 23.9 Å². The molecule has 1 saturated heterocycles. The van der Waals surface area contributed by atoms with E-state index in [4.69, 9.17) is 19.3 Å². The molecule has 0 radical (unpaired) electrons. The van der Waals surface area contributed by atoms with Crippen molar-refractivity contribution in [2.45, 2.75) is 155 Å². The van der Waals surface area contributed by atoms with Crippen molar-refractivity contribution in [3.63, 3.8) is 0 Å². The van der Waals surface area contributed by atoms with E-state index in [0.29, 0.717) is 25.9 Å². The number of hydrogen-bond donors (Lipinski definition) is 3. The Labute approximate surface area is 315 Å². The molecule has 2 aliphatic rings. The van der Waals surface area contributed by atoms with Crippen molar-refractivity contribution in [1.82, 2.24) is 0 Å². The smallest absolute Gasteiger partial charge is 0.426 e. The largest absolute Gasteiger partial charge is 0.481 e. The van der Waals surface area contributed by atoms with E-state index in [1.54, 1.807) is 27.7 Å². The molecular weight excluding hydrogens is 796 g/mol. The number of aliphatic carboxylic acids is 1. The van der Waals surface area contributed by atoms with E-state index in [1.165, 1.54) is 20.8 Å². The Morgan fingerprint density at radius 2 is 0.929 bits per heavy atom. The first-order chi connectivity index (χ1) is 24.7. The quantitative estimate of drug-likeness (QED) is 0.111. The predicted octanol–water partition coefficient (Wildman–Crippen LogP) is 8.25. The number of carboxylic acids is 1. The number of hydrogen-bond acceptors (Lipinski definition) is 9. The van der Waals surface area contributed by atoms with Gasteiger partial charge in [-0.15, -0.1) is 0 Å². The molecule has 1 aliphatic carbocycles. The minimum absolute atomic E-state index is 0.0184. The van der Waals surface area contributed by atoms with Crippen LogP contribution in [0.2, 0.25) is 0 Å². The molecule has 1 heterocycles. The summed E-state index contributed by atoms with van der Waals surface area (Å²) in [6, 6.07) is 0. The van der Waals surface area contributed by atoms with Crippen LogP contribution in [0.4, 0.5) is 52.7 Å². The molecule has 2 fully saturated rings. The van der Waals surface area contributed by atoms with Gasteiger partial charge in [-0.3, -0.25) is 14.4 Å². The van der Waals surface area contributed by atoms with E-state index in [9.17, 15) is 82.1 Å². The normalized spacial score (nSPS) is 21.8. The second-order valence-electron chi connectivity index (χ2n) is 15.5. The van der Waals surface area contributed by atoms with Crippen molar-refractivity contribution < 1.29 is 101 Å². The molecule has 0 spiro atoms. The van der Waals surface area contributed by atoms with Gasteiger partial charge in [-0.2, -0.15) is 52.7 Å². The van der Waals surface area contributed by atoms with Crippen LogP contribution < -0.4 is 0 Å². The van der Waals surface area contributed by atoms with Gasteiger partial charge in [-0.25, -0.2) is 4.79 Å². The third-order valence-corrected chi connectivity index (χ3v) is 10.3. The number of alkyl halides is 12. The van der Waals surface area contributed by atoms with Crippen molar-refractivity contribution in [2.24, 2.45) is 28.1 Å². The van der Waals surface area contributed by atoms with Crippen LogP contribution in [0, 0.1) is 28.1 Å². The van der Waals surface area contributed by atoms with Gasteiger partial charge in [0.1, 0.15) is 6.10 Å². The van der Waals surface area contributed by atoms with Gasteiger partial charge in [0, 0.05) is 18.3 Å². The SMILES string of the molecule is CCC(C)(C)C(=O)O.CCC(C)(C)C(=O)OC1CC(C(O)(C(F)(F)F)C(F)(F)F)CC(C(O)(C(F)(F)F)C(F)(F)F)C1.CCC(C)(C)C(=O)OC1CCOC1=O. The fourth-order valence-corrected chi connectivity index (χ4v) is 4.92. The second kappa shape index (κ2) is 18.3. The zero-order valence-electron chi connectivity index (χ0n) is 32.2. The van der Waals surface area contributed by atoms with Crippen LogP contribution in [0.15, 0.2) is 0 Å². The van der Waals surface area contributed by atoms with Crippen LogP contribution in [-0.2, 0) is 33.4 Å². The molecule has 0 aromatic carbocycles. The number of esters is 3. The highest BCUT2D eigenvalue weighted by atomic mass is 19.4. The Hall–Kier alpha value is -3.04. The average Bonchev–Trinajstić information content (AvgIpc) is 3.45. The van der Waals surface area contributed by atoms with Crippen molar-refractivity contribution in [1.29, 1.82) is 0 Å². The number of cyclic esters (lactones) is 1. The molecule has 0 bridgehead atoms. The lowest BCUT2D eigenvalue weighted by Crippen LogP contribution is -2.67. The number of carboxylic acid groups (broad SMARTS) is 1. The first kappa shape index (κ1) is 53.0. The van der Waals surface area contributed by atoms with Crippen LogP contribution in [0.1, 0.15) is 107 Å². The Kier molecular flexibility index (Phi) is 17.3. The van der Waals surface area contributed by atoms with Gasteiger partial charge in [0.25, 0.3) is 11.2 Å². The van der Waals surface area contributed by atoms with E-state index in [-0.39, 0.29) is 12.4 Å². The zero-order valence-corrected chi connectivity index (χ0v) is 32.2. The molecule has 10 nitrogen and oxygen atoms in total. The number of rotatable bonds is 10. The van der Waals surface area contributed by atoms with Crippen molar-refractivity contribution in [3.05, 3.63) is 0 Å². The molecule has 3 atom stereocenters. The minimum Gasteiger partial charge on any atom is -0.481 e. The number of ether oxygens (including phenoxy) is 3. The Morgan fingerprint density at radius 1 is 0.607 bits per heavy atom. The van der Waals surface area contributed by atoms with Crippen LogP contribution in [0.3, 0.4) is 0 Å². The highest BCUT2D eigenvalue weighted by Gasteiger charge is 2.78. The van der Waals surface area contributed by atoms with E-state index in [0.717, 1.165) is 0 Å². The lowest BCUT2D eigenvalue weighted by atomic mass is 9.65. The Balaban J connectivity index is 0.00000111. The molecule has 0 aromatic rings. The van der Waals surface area contributed by atoms with Crippen LogP contribution >= 0.6 is 0 Å². The molecule has 0 aromatic heterocycles. The summed E-state index contributed by atoms with van der Waals surface area (Å²) >= 11 is 0. The first-order valence-electron chi connectivity index (χ1n) is 17.3. The monoisotopic (exact) mass is 846 g/mol. The van der Waals surface area contributed by atoms with Gasteiger partial charge in [0.2, 0.25) is 6.10 Å². The van der Waals surface area contributed by atoms with Gasteiger partial charge in [-0.05, 0) is 80.1 Å². The predicted molar refractivity (Wildman–Crippen MR) is 170 cm³/mol. The minimum atomic E-state index is -6.58. The van der Waals surface area contributed by atoms with Gasteiger partial charge in [-0.1, -0.05) is 20.8 Å². The summed E-state index contributed by atoms with van der Waals surface area (Å²) in [5.41, 5.74) is -14.0. The van der Waals surface area contributed by atoms with Crippen LogP contribution in [0.5, 0.6) is 0 Å². The van der Waals surface area contributed by atoms with Gasteiger partial charge < -0.3 is 29.5 Å². The van der Waals surface area contributed by atoms with Gasteiger partial charge >= 0.3 is 48.6 Å². The molecule has 330 valence electrons. The third-order valence-electron chi connectivity index (χ3n) is 10.3. The van der Waals surface area contributed by atoms with E-state index < -0.39 is 113 Å². The van der Waals surface area contributed by atoms with Crippen LogP contribution in [-0.4, -0.2) is 93.9 Å². The number of halogens is 12. The molecule has 3 unspecified atom stereocenters. The maximum Gasteiger partial charge on any atom is 0.426 e. The van der Waals surface area contributed by atoms with Crippen molar-refractivity contribution in [2.75, 3.05) is 6.61 Å². The van der Waals surface area contributed by atoms with Gasteiger partial charge in [0.05, 0.1) is 22.9 Å². The standard InChI is InChI=1S/C18H22F12O4.C10H16O4.C6H12O2/c1-4-12(2,3)11(31)34-10-6-8(13(32,15(19,20)21)16(22,23)24)5-9(7-10)14(33,17(25,26)27)18(28,29)30;1-4-10(2,3)9(12)14-7-5-6-13-8(7)11;1-4-6(2,3)5(7)8/h8-10,32-33H,4-7H2,1-3H3;7H,4-6H2,1-3H3;4H2,1-3H3,(H,7,8). The summed E-state index contributed by atoms with van der Waals surface area (Å²) in [6.07, 6.45) is -32.8. The summed E-state index contributed by atoms with van der Waals surface area (Å²) in [5, 5.41) is 27.7. The Morgan fingerprint density at radius 3 is 1.16 bits per heavy atom. The third kappa shape index (κ3) is 12.2. The summed E-state index contributed by atoms with van der Waals surface area (Å²) < 4.78 is 174. The molecular formula is C34H50F12O10. The van der Waals surface area contributed by atoms with Gasteiger partial charge in [0.15, 0.2) is 0 Å². The van der Waals surface area contributed by atoms with Crippen LogP contribution in [0.25, 0.3) is 0 Å². The number of carbonyl (C=O) groups excluding carboxylic acids is 3. The molecule has 0 amide bonds. The highest BCUT2D eigenvalue weighted by molar-refractivity contribution is 5.82. The summed E-state index contributed by atoms with van der Waals surface area (Å²) in [6.45, 7) is 15.0. The molecule has 1 saturated carbocycles. The summed E-state index contributed by atoms with van der Waals surface area (Å²) in [4.78, 5) is 45.1. The fraction of sp³-hybridized carbons (Fsp3) is 0.882. The molecule has 3 N–H and O–H groups in total. The molecule has 1 aliphatic heterocycles. The van der Waals surface area contributed by atoms with E-state index in [1.807, 2.05) is 13.8 Å². The topological polar surface area (TPSA) is 157 Å². The second-order valence-corrected chi connectivity index (χ2v) is 15.5. The summed E-state index contributed by atoms with van der Waals surface area (Å²) in [5.74, 6) is -9.53. The van der Waals surface area contributed by atoms with E-state index in [2.05, 4.69) is 0 Å². The highest BCUT2D eigenvalue weighted by Crippen LogP contribution is 2.58. The maximum absolute atomic E-state index is 13.3. The lowest BCUT2D eigenvalue weighted by Gasteiger charge is -2.48. The number of aliphatic hydroxyl groups is 2. The number of carbonyl (C=O) groups is 4. The zero-order chi connectivity index (χ0) is 44.9. The first-order valence-corrected chi connectivity index (χ1v) is 17.3.